The lowest BCUT2D eigenvalue weighted by Gasteiger charge is -2.62. The van der Waals surface area contributed by atoms with Crippen LogP contribution in [0.3, 0.4) is 0 Å². The maximum Gasteiger partial charge on any atom is 0.194 e. The van der Waals surface area contributed by atoms with Gasteiger partial charge < -0.3 is 15.1 Å². The van der Waals surface area contributed by atoms with Crippen molar-refractivity contribution in [3.8, 4) is 0 Å². The molecule has 0 radical (unpaired) electrons. The molecule has 0 unspecified atom stereocenters. The average molecular weight is 294 g/mol. The summed E-state index contributed by atoms with van der Waals surface area (Å²) in [5.74, 6) is 1.96. The first-order valence-electron chi connectivity index (χ1n) is 8.45. The quantitative estimate of drug-likeness (QED) is 0.640. The van der Waals surface area contributed by atoms with Crippen LogP contribution < -0.4 is 5.32 Å². The van der Waals surface area contributed by atoms with Crippen molar-refractivity contribution in [1.82, 2.24) is 15.1 Å². The van der Waals surface area contributed by atoms with Gasteiger partial charge in [-0.3, -0.25) is 4.99 Å². The number of hydrogen-bond acceptors (Lipinski definition) is 2. The van der Waals surface area contributed by atoms with E-state index in [0.717, 1.165) is 25.0 Å². The number of piperidine rings is 1. The predicted octanol–water partition coefficient (Wildman–Crippen LogP) is 2.41. The number of rotatable bonds is 3. The first-order chi connectivity index (χ1) is 9.78. The van der Waals surface area contributed by atoms with Crippen molar-refractivity contribution in [3.63, 3.8) is 0 Å². The van der Waals surface area contributed by atoms with Gasteiger partial charge in [-0.2, -0.15) is 0 Å². The molecule has 2 aliphatic heterocycles. The van der Waals surface area contributed by atoms with Crippen LogP contribution in [0.15, 0.2) is 4.99 Å². The van der Waals surface area contributed by atoms with E-state index >= 15 is 0 Å². The Morgan fingerprint density at radius 3 is 2.29 bits per heavy atom. The van der Waals surface area contributed by atoms with Gasteiger partial charge in [0, 0.05) is 31.1 Å². The predicted molar refractivity (Wildman–Crippen MR) is 90.8 cm³/mol. The molecule has 0 bridgehead atoms. The van der Waals surface area contributed by atoms with E-state index in [1.165, 1.54) is 32.4 Å². The molecular formula is C17H34N4. The Morgan fingerprint density at radius 2 is 1.81 bits per heavy atom. The number of guanidine groups is 1. The third-order valence-electron chi connectivity index (χ3n) is 6.03. The highest BCUT2D eigenvalue weighted by atomic mass is 15.4. The van der Waals surface area contributed by atoms with Crippen molar-refractivity contribution in [2.45, 2.75) is 52.5 Å². The Labute approximate surface area is 131 Å². The molecule has 2 saturated heterocycles. The van der Waals surface area contributed by atoms with Crippen molar-refractivity contribution in [2.24, 2.45) is 16.3 Å². The number of nitrogens with one attached hydrogen (secondary N) is 1. The van der Waals surface area contributed by atoms with Crippen LogP contribution in [0.5, 0.6) is 0 Å². The minimum atomic E-state index is 0.183. The molecule has 2 heterocycles. The minimum absolute atomic E-state index is 0.183. The van der Waals surface area contributed by atoms with Gasteiger partial charge in [0.25, 0.3) is 0 Å². The normalized spacial score (nSPS) is 26.6. The second-order valence-electron chi connectivity index (χ2n) is 8.04. The maximum atomic E-state index is 4.49. The molecule has 122 valence electrons. The van der Waals surface area contributed by atoms with Gasteiger partial charge in [-0.1, -0.05) is 13.8 Å². The van der Waals surface area contributed by atoms with Gasteiger partial charge in [0.2, 0.25) is 0 Å². The summed E-state index contributed by atoms with van der Waals surface area (Å²) in [6.45, 7) is 14.0. The van der Waals surface area contributed by atoms with Crippen LogP contribution in [-0.4, -0.2) is 61.6 Å². The monoisotopic (exact) mass is 294 g/mol. The summed E-state index contributed by atoms with van der Waals surface area (Å²) in [4.78, 5) is 9.35. The second kappa shape index (κ2) is 6.15. The Balaban J connectivity index is 1.77. The molecule has 2 rings (SSSR count). The Morgan fingerprint density at radius 1 is 1.19 bits per heavy atom. The molecule has 0 saturated carbocycles. The molecule has 21 heavy (non-hydrogen) atoms. The van der Waals surface area contributed by atoms with Crippen LogP contribution in [0.2, 0.25) is 0 Å². The van der Waals surface area contributed by atoms with Crippen LogP contribution in [0.1, 0.15) is 47.0 Å². The van der Waals surface area contributed by atoms with Gasteiger partial charge >= 0.3 is 0 Å². The SMILES string of the molecule is CN=C(NCCC1CCN(C)CC1)N1CC(C)(C)C1(C)C. The van der Waals surface area contributed by atoms with Crippen molar-refractivity contribution >= 4 is 5.96 Å². The van der Waals surface area contributed by atoms with Crippen LogP contribution >= 0.6 is 0 Å². The Bertz CT molecular complexity index is 378. The smallest absolute Gasteiger partial charge is 0.194 e. The molecule has 4 heteroatoms. The third-order valence-corrected chi connectivity index (χ3v) is 6.03. The lowest BCUT2D eigenvalue weighted by atomic mass is 9.65. The molecule has 0 aromatic heterocycles. The van der Waals surface area contributed by atoms with Crippen LogP contribution in [0.25, 0.3) is 0 Å². The van der Waals surface area contributed by atoms with Crippen LogP contribution in [0.4, 0.5) is 0 Å². The topological polar surface area (TPSA) is 30.9 Å². The highest BCUT2D eigenvalue weighted by molar-refractivity contribution is 5.81. The van der Waals surface area contributed by atoms with Gasteiger partial charge in [-0.15, -0.1) is 0 Å². The number of aliphatic imine (C=N–C) groups is 1. The molecular weight excluding hydrogens is 260 g/mol. The molecule has 0 atom stereocenters. The van der Waals surface area contributed by atoms with Gasteiger partial charge in [0.15, 0.2) is 5.96 Å². The molecule has 0 aromatic rings. The largest absolute Gasteiger partial charge is 0.356 e. The summed E-state index contributed by atoms with van der Waals surface area (Å²) in [7, 11) is 4.13. The van der Waals surface area contributed by atoms with Gasteiger partial charge in [0.05, 0.1) is 0 Å². The maximum absolute atomic E-state index is 4.49. The first-order valence-corrected chi connectivity index (χ1v) is 8.45. The van der Waals surface area contributed by atoms with E-state index in [0.29, 0.717) is 5.41 Å². The van der Waals surface area contributed by atoms with Crippen LogP contribution in [0, 0.1) is 11.3 Å². The average Bonchev–Trinajstić information content (AvgIpc) is 2.44. The van der Waals surface area contributed by atoms with E-state index in [-0.39, 0.29) is 5.54 Å². The second-order valence-corrected chi connectivity index (χ2v) is 8.04. The zero-order valence-corrected chi connectivity index (χ0v) is 14.9. The van der Waals surface area contributed by atoms with Crippen molar-refractivity contribution < 1.29 is 0 Å². The van der Waals surface area contributed by atoms with E-state index in [4.69, 9.17) is 0 Å². The standard InChI is InChI=1S/C17H34N4/c1-16(2)13-21(17(16,3)4)15(18-5)19-10-7-14-8-11-20(6)12-9-14/h14H,7-13H2,1-6H3,(H,18,19). The molecule has 0 spiro atoms. The number of hydrogen-bond donors (Lipinski definition) is 1. The van der Waals surface area contributed by atoms with E-state index in [1.807, 2.05) is 7.05 Å². The number of likely N-dealkylation sites (tertiary alicyclic amines) is 2. The molecule has 0 amide bonds. The summed E-state index contributed by atoms with van der Waals surface area (Å²) < 4.78 is 0. The summed E-state index contributed by atoms with van der Waals surface area (Å²) in [6.07, 6.45) is 3.96. The fourth-order valence-corrected chi connectivity index (χ4v) is 3.43. The lowest BCUT2D eigenvalue weighted by Crippen LogP contribution is -2.72. The Kier molecular flexibility index (Phi) is 4.86. The minimum Gasteiger partial charge on any atom is -0.356 e. The van der Waals surface area contributed by atoms with E-state index in [9.17, 15) is 0 Å². The van der Waals surface area contributed by atoms with Crippen LogP contribution in [-0.2, 0) is 0 Å². The zero-order chi connectivity index (χ0) is 15.7. The summed E-state index contributed by atoms with van der Waals surface area (Å²) in [5, 5.41) is 3.59. The van der Waals surface area contributed by atoms with E-state index in [1.54, 1.807) is 0 Å². The third kappa shape index (κ3) is 3.36. The lowest BCUT2D eigenvalue weighted by molar-refractivity contribution is -0.0667. The fraction of sp³-hybridized carbons (Fsp3) is 0.941. The van der Waals surface area contributed by atoms with Gasteiger partial charge in [-0.25, -0.2) is 0 Å². The highest BCUT2D eigenvalue weighted by Crippen LogP contribution is 2.46. The van der Waals surface area contributed by atoms with Gasteiger partial charge in [-0.05, 0) is 59.2 Å². The molecule has 4 nitrogen and oxygen atoms in total. The molecule has 0 aromatic carbocycles. The highest BCUT2D eigenvalue weighted by Gasteiger charge is 2.53. The van der Waals surface area contributed by atoms with E-state index < -0.39 is 0 Å². The fourth-order valence-electron chi connectivity index (χ4n) is 3.43. The van der Waals surface area contributed by atoms with Crippen molar-refractivity contribution in [1.29, 1.82) is 0 Å². The summed E-state index contributed by atoms with van der Waals surface area (Å²) in [6, 6.07) is 0. The van der Waals surface area contributed by atoms with Crippen molar-refractivity contribution in [3.05, 3.63) is 0 Å². The summed E-state index contributed by atoms with van der Waals surface area (Å²) in [5.41, 5.74) is 0.543. The Hall–Kier alpha value is -0.770. The molecule has 1 N–H and O–H groups in total. The zero-order valence-electron chi connectivity index (χ0n) is 14.9. The number of nitrogens with zero attached hydrogens (tertiary/aromatic N) is 3. The molecule has 2 aliphatic rings. The first kappa shape index (κ1) is 16.6. The summed E-state index contributed by atoms with van der Waals surface area (Å²) >= 11 is 0. The molecule has 2 fully saturated rings. The van der Waals surface area contributed by atoms with Crippen molar-refractivity contribution in [2.75, 3.05) is 40.3 Å². The van der Waals surface area contributed by atoms with E-state index in [2.05, 4.69) is 54.9 Å². The van der Waals surface area contributed by atoms with Gasteiger partial charge in [0.1, 0.15) is 0 Å². The molecule has 0 aliphatic carbocycles.